The first-order chi connectivity index (χ1) is 7.13. The molecule has 0 heterocycles. The highest BCUT2D eigenvalue weighted by Crippen LogP contribution is 2.18. The van der Waals surface area contributed by atoms with E-state index < -0.39 is 12.0 Å². The molecule has 0 radical (unpaired) electrons. The number of carboxylic acid groups (broad SMARTS) is 1. The van der Waals surface area contributed by atoms with Gasteiger partial charge in [0, 0.05) is 13.6 Å². The van der Waals surface area contributed by atoms with E-state index in [1.54, 1.807) is 7.05 Å². The Morgan fingerprint density at radius 1 is 1.38 bits per heavy atom. The van der Waals surface area contributed by atoms with Crippen molar-refractivity contribution < 1.29 is 14.7 Å². The summed E-state index contributed by atoms with van der Waals surface area (Å²) >= 11 is 0. The third-order valence-electron chi connectivity index (χ3n) is 2.33. The predicted octanol–water partition coefficient (Wildman–Crippen LogP) is 0.683. The van der Waals surface area contributed by atoms with Crippen molar-refractivity contribution in [1.82, 2.24) is 4.90 Å². The third-order valence-corrected chi connectivity index (χ3v) is 2.33. The quantitative estimate of drug-likeness (QED) is 0.727. The lowest BCUT2D eigenvalue weighted by atomic mass is 9.92. The van der Waals surface area contributed by atoms with Crippen molar-refractivity contribution in [2.75, 3.05) is 13.6 Å². The van der Waals surface area contributed by atoms with Crippen LogP contribution >= 0.6 is 0 Å². The van der Waals surface area contributed by atoms with Gasteiger partial charge in [-0.1, -0.05) is 20.8 Å². The summed E-state index contributed by atoms with van der Waals surface area (Å²) in [6, 6.07) is -1.11. The van der Waals surface area contributed by atoms with Gasteiger partial charge in [-0.2, -0.15) is 0 Å². The molecular weight excluding hydrogens is 208 g/mol. The van der Waals surface area contributed by atoms with Crippen LogP contribution in [-0.2, 0) is 9.59 Å². The monoisotopic (exact) mass is 230 g/mol. The van der Waals surface area contributed by atoms with Crippen LogP contribution in [0.3, 0.4) is 0 Å². The normalized spacial score (nSPS) is 13.3. The lowest BCUT2D eigenvalue weighted by molar-refractivity contribution is -0.142. The molecule has 5 heteroatoms. The standard InChI is InChI=1S/C11H22N2O3/c1-11(2,3)5-6-13(4)9(14)7-8(12)10(15)16/h8H,5-7,12H2,1-4H3,(H,15,16). The average Bonchev–Trinajstić information content (AvgIpc) is 2.12. The topological polar surface area (TPSA) is 83.6 Å². The summed E-state index contributed by atoms with van der Waals surface area (Å²) in [5, 5.41) is 8.58. The van der Waals surface area contributed by atoms with Crippen molar-refractivity contribution in [2.45, 2.75) is 39.7 Å². The minimum Gasteiger partial charge on any atom is -0.480 e. The van der Waals surface area contributed by atoms with E-state index in [0.29, 0.717) is 6.54 Å². The maximum absolute atomic E-state index is 11.6. The Labute approximate surface area is 96.6 Å². The Kier molecular flexibility index (Phi) is 5.44. The summed E-state index contributed by atoms with van der Waals surface area (Å²) in [5.74, 6) is -1.36. The molecule has 1 unspecified atom stereocenters. The molecule has 0 fully saturated rings. The Balaban J connectivity index is 4.05. The number of aliphatic carboxylic acids is 1. The smallest absolute Gasteiger partial charge is 0.321 e. The first-order valence-electron chi connectivity index (χ1n) is 5.36. The van der Waals surface area contributed by atoms with Crippen LogP contribution < -0.4 is 5.73 Å². The zero-order valence-electron chi connectivity index (χ0n) is 10.5. The summed E-state index contributed by atoms with van der Waals surface area (Å²) in [6.07, 6.45) is 0.730. The first-order valence-corrected chi connectivity index (χ1v) is 5.36. The fourth-order valence-electron chi connectivity index (χ4n) is 1.06. The molecule has 0 aliphatic carbocycles. The zero-order valence-corrected chi connectivity index (χ0v) is 10.5. The molecule has 0 bridgehead atoms. The van der Waals surface area contributed by atoms with E-state index in [1.165, 1.54) is 4.90 Å². The van der Waals surface area contributed by atoms with Gasteiger partial charge in [0.05, 0.1) is 6.42 Å². The number of carbonyl (C=O) groups excluding carboxylic acids is 1. The van der Waals surface area contributed by atoms with Crippen LogP contribution in [0.1, 0.15) is 33.6 Å². The van der Waals surface area contributed by atoms with Gasteiger partial charge in [0.2, 0.25) is 5.91 Å². The molecule has 94 valence electrons. The van der Waals surface area contributed by atoms with Crippen LogP contribution in [0.2, 0.25) is 0 Å². The van der Waals surface area contributed by atoms with Gasteiger partial charge in [-0.3, -0.25) is 9.59 Å². The maximum atomic E-state index is 11.6. The highest BCUT2D eigenvalue weighted by Gasteiger charge is 2.20. The minimum atomic E-state index is -1.14. The Morgan fingerprint density at radius 3 is 2.25 bits per heavy atom. The summed E-state index contributed by atoms with van der Waals surface area (Å²) in [5.41, 5.74) is 5.45. The summed E-state index contributed by atoms with van der Waals surface area (Å²) < 4.78 is 0. The fourth-order valence-corrected chi connectivity index (χ4v) is 1.06. The molecule has 0 aliphatic rings. The molecule has 0 aliphatic heterocycles. The summed E-state index contributed by atoms with van der Waals surface area (Å²) in [7, 11) is 1.67. The molecule has 0 saturated heterocycles. The largest absolute Gasteiger partial charge is 0.480 e. The van der Waals surface area contributed by atoms with Gasteiger partial charge in [-0.05, 0) is 11.8 Å². The van der Waals surface area contributed by atoms with Gasteiger partial charge in [-0.25, -0.2) is 0 Å². The molecule has 3 N–H and O–H groups in total. The van der Waals surface area contributed by atoms with Crippen molar-refractivity contribution in [2.24, 2.45) is 11.1 Å². The molecule has 16 heavy (non-hydrogen) atoms. The molecule has 1 atom stereocenters. The van der Waals surface area contributed by atoms with Gasteiger partial charge in [-0.15, -0.1) is 0 Å². The second-order valence-corrected chi connectivity index (χ2v) is 5.27. The van der Waals surface area contributed by atoms with Crippen LogP contribution in [0.15, 0.2) is 0 Å². The van der Waals surface area contributed by atoms with Crippen LogP contribution in [0.25, 0.3) is 0 Å². The number of amides is 1. The molecule has 0 rings (SSSR count). The second kappa shape index (κ2) is 5.84. The number of carbonyl (C=O) groups is 2. The van der Waals surface area contributed by atoms with Crippen LogP contribution in [0.5, 0.6) is 0 Å². The molecular formula is C11H22N2O3. The van der Waals surface area contributed by atoms with E-state index in [9.17, 15) is 9.59 Å². The number of carboxylic acids is 1. The SMILES string of the molecule is CN(CCC(C)(C)C)C(=O)CC(N)C(=O)O. The number of nitrogens with two attached hydrogens (primary N) is 1. The highest BCUT2D eigenvalue weighted by molar-refractivity contribution is 5.84. The second-order valence-electron chi connectivity index (χ2n) is 5.27. The average molecular weight is 230 g/mol. The minimum absolute atomic E-state index is 0.143. The van der Waals surface area contributed by atoms with Crippen LogP contribution in [-0.4, -0.2) is 41.5 Å². The van der Waals surface area contributed by atoms with Crippen molar-refractivity contribution in [3.8, 4) is 0 Å². The lowest BCUT2D eigenvalue weighted by Crippen LogP contribution is -2.38. The maximum Gasteiger partial charge on any atom is 0.321 e. The van der Waals surface area contributed by atoms with Gasteiger partial charge in [0.25, 0.3) is 0 Å². The number of hydrogen-bond acceptors (Lipinski definition) is 3. The molecule has 5 nitrogen and oxygen atoms in total. The van der Waals surface area contributed by atoms with E-state index >= 15 is 0 Å². The van der Waals surface area contributed by atoms with Gasteiger partial charge in [0.15, 0.2) is 0 Å². The highest BCUT2D eigenvalue weighted by atomic mass is 16.4. The molecule has 0 spiro atoms. The van der Waals surface area contributed by atoms with Crippen molar-refractivity contribution in [1.29, 1.82) is 0 Å². The van der Waals surface area contributed by atoms with E-state index in [2.05, 4.69) is 20.8 Å². The third kappa shape index (κ3) is 6.40. The van der Waals surface area contributed by atoms with Crippen LogP contribution in [0.4, 0.5) is 0 Å². The van der Waals surface area contributed by atoms with Crippen molar-refractivity contribution >= 4 is 11.9 Å². The number of rotatable bonds is 5. The Morgan fingerprint density at radius 2 is 1.88 bits per heavy atom. The molecule has 0 aromatic rings. The van der Waals surface area contributed by atoms with Crippen molar-refractivity contribution in [3.05, 3.63) is 0 Å². The van der Waals surface area contributed by atoms with Gasteiger partial charge < -0.3 is 15.7 Å². The molecule has 1 amide bonds. The summed E-state index contributed by atoms with van der Waals surface area (Å²) in [4.78, 5) is 23.6. The van der Waals surface area contributed by atoms with Gasteiger partial charge in [0.1, 0.15) is 6.04 Å². The zero-order chi connectivity index (χ0) is 12.9. The van der Waals surface area contributed by atoms with Gasteiger partial charge >= 0.3 is 5.97 Å². The van der Waals surface area contributed by atoms with E-state index in [-0.39, 0.29) is 17.7 Å². The van der Waals surface area contributed by atoms with E-state index in [1.807, 2.05) is 0 Å². The number of nitrogens with zero attached hydrogens (tertiary/aromatic N) is 1. The molecule has 0 aromatic heterocycles. The van der Waals surface area contributed by atoms with E-state index in [0.717, 1.165) is 6.42 Å². The summed E-state index contributed by atoms with van der Waals surface area (Å²) in [6.45, 7) is 6.89. The molecule has 0 aromatic carbocycles. The Bertz CT molecular complexity index is 258. The molecule has 0 saturated carbocycles. The number of hydrogen-bond donors (Lipinski definition) is 2. The lowest BCUT2D eigenvalue weighted by Gasteiger charge is -2.24. The van der Waals surface area contributed by atoms with Crippen molar-refractivity contribution in [3.63, 3.8) is 0 Å². The van der Waals surface area contributed by atoms with E-state index in [4.69, 9.17) is 10.8 Å². The Hall–Kier alpha value is -1.10. The fraction of sp³-hybridized carbons (Fsp3) is 0.818. The van der Waals surface area contributed by atoms with Crippen LogP contribution in [0, 0.1) is 5.41 Å². The first kappa shape index (κ1) is 14.9. The predicted molar refractivity (Wildman–Crippen MR) is 61.9 cm³/mol.